The maximum atomic E-state index is 13.8. The summed E-state index contributed by atoms with van der Waals surface area (Å²) in [6.45, 7) is 7.16. The molecule has 3 heterocycles. The zero-order valence-electron chi connectivity index (χ0n) is 19.6. The minimum atomic E-state index is -0.395. The number of hydrogen-bond acceptors (Lipinski definition) is 5. The Bertz CT molecular complexity index is 975. The van der Waals surface area contributed by atoms with Gasteiger partial charge in [-0.05, 0) is 56.7 Å². The van der Waals surface area contributed by atoms with E-state index in [1.807, 2.05) is 31.2 Å². The minimum absolute atomic E-state index is 0.279. The van der Waals surface area contributed by atoms with Gasteiger partial charge in [-0.25, -0.2) is 4.98 Å². The number of carbonyl (C=O) groups is 1. The monoisotopic (exact) mass is 467 g/mol. The highest BCUT2D eigenvalue weighted by Crippen LogP contribution is 2.43. The van der Waals surface area contributed by atoms with Gasteiger partial charge in [-0.15, -0.1) is 0 Å². The van der Waals surface area contributed by atoms with Crippen molar-refractivity contribution in [3.8, 4) is 0 Å². The lowest BCUT2D eigenvalue weighted by molar-refractivity contribution is -0.137. The number of piperazine rings is 1. The van der Waals surface area contributed by atoms with Crippen molar-refractivity contribution in [1.29, 1.82) is 0 Å². The first-order chi connectivity index (χ1) is 16.0. The van der Waals surface area contributed by atoms with Crippen LogP contribution < -0.4 is 9.80 Å². The van der Waals surface area contributed by atoms with Crippen molar-refractivity contribution in [3.05, 3.63) is 46.6 Å². The Morgan fingerprint density at radius 2 is 1.52 bits per heavy atom. The van der Waals surface area contributed by atoms with Gasteiger partial charge in [0.05, 0.1) is 5.41 Å². The standard InChI is InChI=1S/C26H34ClN5O/c1-20-19-23(30-13-5-2-6-14-30)29-25(28-20)32-17-15-31(16-18-32)24(33)26(11-3-4-12-26)21-7-9-22(27)10-8-21/h7-10,19H,2-6,11-18H2,1H3. The van der Waals surface area contributed by atoms with Gasteiger partial charge in [0.2, 0.25) is 11.9 Å². The number of rotatable bonds is 4. The Labute approximate surface area is 201 Å². The van der Waals surface area contributed by atoms with Crippen LogP contribution in [0.3, 0.4) is 0 Å². The number of anilines is 2. The van der Waals surface area contributed by atoms with Crippen molar-refractivity contribution in [2.75, 3.05) is 49.1 Å². The molecule has 33 heavy (non-hydrogen) atoms. The van der Waals surface area contributed by atoms with Crippen LogP contribution in [0.1, 0.15) is 56.2 Å². The molecule has 2 aromatic rings. The summed E-state index contributed by atoms with van der Waals surface area (Å²) in [5.41, 5.74) is 1.73. The summed E-state index contributed by atoms with van der Waals surface area (Å²) in [4.78, 5) is 30.2. The molecule has 2 aliphatic heterocycles. The van der Waals surface area contributed by atoms with Crippen LogP contribution in [0.15, 0.2) is 30.3 Å². The first-order valence-electron chi connectivity index (χ1n) is 12.5. The fraction of sp³-hybridized carbons (Fsp3) is 0.577. The summed E-state index contributed by atoms with van der Waals surface area (Å²) in [7, 11) is 0. The quantitative estimate of drug-likeness (QED) is 0.658. The van der Waals surface area contributed by atoms with Gasteiger partial charge in [-0.3, -0.25) is 4.79 Å². The van der Waals surface area contributed by atoms with Crippen LogP contribution in [-0.2, 0) is 10.2 Å². The van der Waals surface area contributed by atoms with E-state index in [0.717, 1.165) is 79.9 Å². The molecule has 1 saturated carbocycles. The van der Waals surface area contributed by atoms with Crippen LogP contribution in [0, 0.1) is 6.92 Å². The number of benzene rings is 1. The Morgan fingerprint density at radius 3 is 2.18 bits per heavy atom. The lowest BCUT2D eigenvalue weighted by Gasteiger charge is -2.40. The second-order valence-electron chi connectivity index (χ2n) is 9.79. The van der Waals surface area contributed by atoms with Gasteiger partial charge in [0, 0.05) is 56.1 Å². The van der Waals surface area contributed by atoms with Crippen molar-refractivity contribution in [1.82, 2.24) is 14.9 Å². The van der Waals surface area contributed by atoms with Crippen LogP contribution in [0.2, 0.25) is 5.02 Å². The van der Waals surface area contributed by atoms with E-state index in [2.05, 4.69) is 20.8 Å². The average Bonchev–Trinajstić information content (AvgIpc) is 3.35. The molecule has 0 radical (unpaired) electrons. The number of piperidine rings is 1. The predicted octanol–water partition coefficient (Wildman–Crippen LogP) is 4.59. The summed E-state index contributed by atoms with van der Waals surface area (Å²) >= 11 is 6.12. The van der Waals surface area contributed by atoms with E-state index in [-0.39, 0.29) is 5.91 Å². The first-order valence-corrected chi connectivity index (χ1v) is 12.8. The van der Waals surface area contributed by atoms with Gasteiger partial charge in [-0.1, -0.05) is 36.6 Å². The Balaban J connectivity index is 1.29. The van der Waals surface area contributed by atoms with Crippen molar-refractivity contribution in [2.24, 2.45) is 0 Å². The topological polar surface area (TPSA) is 52.6 Å². The molecular formula is C26H34ClN5O. The van der Waals surface area contributed by atoms with Crippen molar-refractivity contribution >= 4 is 29.3 Å². The van der Waals surface area contributed by atoms with Crippen molar-refractivity contribution in [2.45, 2.75) is 57.3 Å². The third-order valence-electron chi connectivity index (χ3n) is 7.62. The molecule has 176 valence electrons. The molecule has 0 N–H and O–H groups in total. The molecule has 0 atom stereocenters. The van der Waals surface area contributed by atoms with Crippen LogP contribution >= 0.6 is 11.6 Å². The molecular weight excluding hydrogens is 434 g/mol. The lowest BCUT2D eigenvalue weighted by Crippen LogP contribution is -2.54. The molecule has 3 fully saturated rings. The normalized spacial score (nSPS) is 20.8. The summed E-state index contributed by atoms with van der Waals surface area (Å²) in [6, 6.07) is 10.0. The molecule has 1 aromatic carbocycles. The third-order valence-corrected chi connectivity index (χ3v) is 7.87. The Kier molecular flexibility index (Phi) is 6.46. The van der Waals surface area contributed by atoms with Gasteiger partial charge in [0.15, 0.2) is 0 Å². The Hall–Kier alpha value is -2.34. The third kappa shape index (κ3) is 4.54. The molecule has 7 heteroatoms. The van der Waals surface area contributed by atoms with E-state index in [4.69, 9.17) is 21.6 Å². The molecule has 3 aliphatic rings. The fourth-order valence-electron chi connectivity index (χ4n) is 5.75. The SMILES string of the molecule is Cc1cc(N2CCCCC2)nc(N2CCN(C(=O)C3(c4ccc(Cl)cc4)CCCC3)CC2)n1. The van der Waals surface area contributed by atoms with Crippen molar-refractivity contribution in [3.63, 3.8) is 0 Å². The number of aromatic nitrogens is 2. The molecule has 5 rings (SSSR count). The zero-order chi connectivity index (χ0) is 22.8. The average molecular weight is 468 g/mol. The second kappa shape index (κ2) is 9.49. The molecule has 1 amide bonds. The second-order valence-corrected chi connectivity index (χ2v) is 10.2. The maximum Gasteiger partial charge on any atom is 0.233 e. The number of halogens is 1. The molecule has 1 aromatic heterocycles. The molecule has 0 unspecified atom stereocenters. The predicted molar refractivity (Wildman–Crippen MR) is 133 cm³/mol. The largest absolute Gasteiger partial charge is 0.356 e. The molecule has 2 saturated heterocycles. The number of carbonyl (C=O) groups excluding carboxylic acids is 1. The highest BCUT2D eigenvalue weighted by Gasteiger charge is 2.45. The zero-order valence-corrected chi connectivity index (χ0v) is 20.4. The number of nitrogens with zero attached hydrogens (tertiary/aromatic N) is 5. The van der Waals surface area contributed by atoms with Gasteiger partial charge < -0.3 is 14.7 Å². The first kappa shape index (κ1) is 22.5. The maximum absolute atomic E-state index is 13.8. The summed E-state index contributed by atoms with van der Waals surface area (Å²) in [5, 5.41) is 0.718. The van der Waals surface area contributed by atoms with Crippen LogP contribution in [-0.4, -0.2) is 60.0 Å². The summed E-state index contributed by atoms with van der Waals surface area (Å²) in [6.07, 6.45) is 7.82. The van der Waals surface area contributed by atoms with E-state index in [0.29, 0.717) is 13.1 Å². The van der Waals surface area contributed by atoms with Crippen molar-refractivity contribution < 1.29 is 4.79 Å². The van der Waals surface area contributed by atoms with Crippen LogP contribution in [0.5, 0.6) is 0 Å². The highest BCUT2D eigenvalue weighted by atomic mass is 35.5. The van der Waals surface area contributed by atoms with E-state index < -0.39 is 5.41 Å². The molecule has 1 aliphatic carbocycles. The van der Waals surface area contributed by atoms with Gasteiger partial charge in [-0.2, -0.15) is 4.98 Å². The minimum Gasteiger partial charge on any atom is -0.356 e. The van der Waals surface area contributed by atoms with E-state index in [1.54, 1.807) is 0 Å². The molecule has 0 bridgehead atoms. The smallest absolute Gasteiger partial charge is 0.233 e. The van der Waals surface area contributed by atoms with Crippen LogP contribution in [0.4, 0.5) is 11.8 Å². The summed E-state index contributed by atoms with van der Waals surface area (Å²) < 4.78 is 0. The number of amides is 1. The lowest BCUT2D eigenvalue weighted by atomic mass is 9.77. The Morgan fingerprint density at radius 1 is 0.848 bits per heavy atom. The fourth-order valence-corrected chi connectivity index (χ4v) is 5.87. The van der Waals surface area contributed by atoms with E-state index in [9.17, 15) is 4.79 Å². The number of hydrogen-bond donors (Lipinski definition) is 0. The molecule has 6 nitrogen and oxygen atoms in total. The summed E-state index contributed by atoms with van der Waals surface area (Å²) in [5.74, 6) is 2.13. The van der Waals surface area contributed by atoms with E-state index in [1.165, 1.54) is 19.3 Å². The van der Waals surface area contributed by atoms with E-state index >= 15 is 0 Å². The number of aryl methyl sites for hydroxylation is 1. The van der Waals surface area contributed by atoms with Gasteiger partial charge >= 0.3 is 0 Å². The van der Waals surface area contributed by atoms with Gasteiger partial charge in [0.1, 0.15) is 5.82 Å². The highest BCUT2D eigenvalue weighted by molar-refractivity contribution is 6.30. The molecule has 0 spiro atoms. The van der Waals surface area contributed by atoms with Crippen LogP contribution in [0.25, 0.3) is 0 Å². The van der Waals surface area contributed by atoms with Gasteiger partial charge in [0.25, 0.3) is 0 Å².